The van der Waals surface area contributed by atoms with Gasteiger partial charge in [-0.1, -0.05) is 26.2 Å². The first-order chi connectivity index (χ1) is 11.0. The van der Waals surface area contributed by atoms with Crippen LogP contribution in [0.5, 0.6) is 0 Å². The molecular weight excluding hydrogens is 294 g/mol. The van der Waals surface area contributed by atoms with E-state index in [1.165, 1.54) is 36.6 Å². The maximum absolute atomic E-state index is 12.3. The Morgan fingerprint density at radius 3 is 2.78 bits per heavy atom. The third-order valence-corrected chi connectivity index (χ3v) is 4.67. The Morgan fingerprint density at radius 1 is 1.35 bits per heavy atom. The minimum atomic E-state index is -0.474. The molecule has 2 heterocycles. The number of carbonyl (C=O) groups is 1. The molecule has 124 valence electrons. The van der Waals surface area contributed by atoms with Crippen molar-refractivity contribution in [1.82, 2.24) is 14.6 Å². The average Bonchev–Trinajstić information content (AvgIpc) is 2.92. The zero-order valence-electron chi connectivity index (χ0n) is 13.7. The van der Waals surface area contributed by atoms with Gasteiger partial charge in [0.15, 0.2) is 5.65 Å². The molecule has 1 saturated carbocycles. The van der Waals surface area contributed by atoms with Gasteiger partial charge in [0.25, 0.3) is 5.56 Å². The topological polar surface area (TPSA) is 76.5 Å². The number of ether oxygens (including phenoxy) is 1. The molecule has 0 radical (unpaired) electrons. The molecule has 0 aliphatic heterocycles. The summed E-state index contributed by atoms with van der Waals surface area (Å²) < 4.78 is 6.24. The first kappa shape index (κ1) is 15.8. The molecular formula is C17H23N3O3. The second-order valence-corrected chi connectivity index (χ2v) is 6.72. The third kappa shape index (κ3) is 3.30. The Bertz CT molecular complexity index is 769. The van der Waals surface area contributed by atoms with E-state index in [2.05, 4.69) is 17.0 Å². The Hall–Kier alpha value is -2.11. The highest BCUT2D eigenvalue weighted by Gasteiger charge is 2.28. The van der Waals surface area contributed by atoms with E-state index in [1.54, 1.807) is 19.1 Å². The standard InChI is InChI=1S/C17H23N3O3/c1-3-23-16(22)13-10-14-18-12(9-15(21)20(14)19-13)11-17(2)7-5-4-6-8-17/h9-10,19H,3-8,11H2,1-2H3. The molecule has 1 aliphatic rings. The first-order valence-electron chi connectivity index (χ1n) is 8.30. The number of rotatable bonds is 4. The SMILES string of the molecule is CCOC(=O)c1cc2nc(CC3(C)CCCCC3)cc(=O)n2[nH]1. The molecule has 2 aromatic heterocycles. The van der Waals surface area contributed by atoms with E-state index in [0.717, 1.165) is 12.1 Å². The number of fused-ring (bicyclic) bond motifs is 1. The maximum atomic E-state index is 12.3. The van der Waals surface area contributed by atoms with Crippen molar-refractivity contribution in [3.8, 4) is 0 Å². The highest BCUT2D eigenvalue weighted by atomic mass is 16.5. The highest BCUT2D eigenvalue weighted by Crippen LogP contribution is 2.38. The molecule has 1 fully saturated rings. The summed E-state index contributed by atoms with van der Waals surface area (Å²) in [6, 6.07) is 3.14. The van der Waals surface area contributed by atoms with Gasteiger partial charge in [-0.15, -0.1) is 0 Å². The van der Waals surface area contributed by atoms with Crippen molar-refractivity contribution in [2.24, 2.45) is 5.41 Å². The van der Waals surface area contributed by atoms with Crippen LogP contribution in [0.2, 0.25) is 0 Å². The largest absolute Gasteiger partial charge is 0.461 e. The van der Waals surface area contributed by atoms with E-state index >= 15 is 0 Å². The fourth-order valence-corrected chi connectivity index (χ4v) is 3.46. The Kier molecular flexibility index (Phi) is 4.24. The number of esters is 1. The second-order valence-electron chi connectivity index (χ2n) is 6.72. The van der Waals surface area contributed by atoms with E-state index < -0.39 is 5.97 Å². The molecule has 0 unspecified atom stereocenters. The first-order valence-corrected chi connectivity index (χ1v) is 8.30. The Morgan fingerprint density at radius 2 is 2.09 bits per heavy atom. The minimum absolute atomic E-state index is 0.194. The van der Waals surface area contributed by atoms with Crippen molar-refractivity contribution >= 4 is 11.6 Å². The quantitative estimate of drug-likeness (QED) is 0.880. The average molecular weight is 317 g/mol. The van der Waals surface area contributed by atoms with Gasteiger partial charge in [-0.05, 0) is 31.6 Å². The van der Waals surface area contributed by atoms with Crippen LogP contribution in [0.25, 0.3) is 5.65 Å². The molecule has 6 heteroatoms. The van der Waals surface area contributed by atoms with Gasteiger partial charge in [0.05, 0.1) is 6.61 Å². The molecule has 0 amide bonds. The van der Waals surface area contributed by atoms with E-state index in [-0.39, 0.29) is 16.7 Å². The molecule has 2 aromatic rings. The summed E-state index contributed by atoms with van der Waals surface area (Å²) in [5, 5.41) is 2.76. The zero-order chi connectivity index (χ0) is 16.4. The highest BCUT2D eigenvalue weighted by molar-refractivity contribution is 5.88. The lowest BCUT2D eigenvalue weighted by Crippen LogP contribution is -2.25. The molecule has 6 nitrogen and oxygen atoms in total. The molecule has 23 heavy (non-hydrogen) atoms. The molecule has 0 saturated heterocycles. The van der Waals surface area contributed by atoms with E-state index in [9.17, 15) is 9.59 Å². The number of hydrogen-bond acceptors (Lipinski definition) is 4. The van der Waals surface area contributed by atoms with Crippen molar-refractivity contribution < 1.29 is 9.53 Å². The lowest BCUT2D eigenvalue weighted by molar-refractivity contribution is 0.0519. The summed E-state index contributed by atoms with van der Waals surface area (Å²) in [6.07, 6.45) is 6.94. The van der Waals surface area contributed by atoms with E-state index in [1.807, 2.05) is 0 Å². The number of hydrogen-bond donors (Lipinski definition) is 1. The molecule has 1 N–H and O–H groups in total. The predicted molar refractivity (Wildman–Crippen MR) is 86.7 cm³/mol. The van der Waals surface area contributed by atoms with Gasteiger partial charge in [0.1, 0.15) is 5.69 Å². The van der Waals surface area contributed by atoms with Gasteiger partial charge in [0, 0.05) is 17.8 Å². The van der Waals surface area contributed by atoms with Gasteiger partial charge in [-0.3, -0.25) is 9.89 Å². The summed E-state index contributed by atoms with van der Waals surface area (Å²) in [6.45, 7) is 4.31. The van der Waals surface area contributed by atoms with Crippen LogP contribution in [-0.2, 0) is 11.2 Å². The second kappa shape index (κ2) is 6.18. The van der Waals surface area contributed by atoms with E-state index in [0.29, 0.717) is 12.3 Å². The molecule has 0 spiro atoms. The van der Waals surface area contributed by atoms with Crippen molar-refractivity contribution in [3.05, 3.63) is 33.9 Å². The van der Waals surface area contributed by atoms with Crippen LogP contribution >= 0.6 is 0 Å². The summed E-state index contributed by atoms with van der Waals surface area (Å²) in [5.74, 6) is -0.474. The van der Waals surface area contributed by atoms with Crippen molar-refractivity contribution in [3.63, 3.8) is 0 Å². The van der Waals surface area contributed by atoms with Crippen LogP contribution in [0.4, 0.5) is 0 Å². The van der Waals surface area contributed by atoms with Gasteiger partial charge in [-0.25, -0.2) is 14.3 Å². The van der Waals surface area contributed by atoms with Crippen LogP contribution in [0, 0.1) is 5.41 Å². The number of aromatic nitrogens is 3. The maximum Gasteiger partial charge on any atom is 0.356 e. The van der Waals surface area contributed by atoms with Gasteiger partial charge in [-0.2, -0.15) is 0 Å². The molecule has 1 aliphatic carbocycles. The van der Waals surface area contributed by atoms with Gasteiger partial charge in [0.2, 0.25) is 0 Å². The summed E-state index contributed by atoms with van der Waals surface area (Å²) in [7, 11) is 0. The summed E-state index contributed by atoms with van der Waals surface area (Å²) >= 11 is 0. The number of nitrogens with one attached hydrogen (secondary N) is 1. The van der Waals surface area contributed by atoms with Crippen LogP contribution in [0.15, 0.2) is 16.9 Å². The lowest BCUT2D eigenvalue weighted by atomic mass is 9.73. The Balaban J connectivity index is 1.91. The van der Waals surface area contributed by atoms with Gasteiger partial charge >= 0.3 is 5.97 Å². The summed E-state index contributed by atoms with van der Waals surface area (Å²) in [5.41, 5.74) is 1.54. The van der Waals surface area contributed by atoms with Gasteiger partial charge < -0.3 is 4.74 Å². The molecule has 0 atom stereocenters. The fraction of sp³-hybridized carbons (Fsp3) is 0.588. The van der Waals surface area contributed by atoms with Crippen LogP contribution in [0.3, 0.4) is 0 Å². The van der Waals surface area contributed by atoms with Crippen molar-refractivity contribution in [1.29, 1.82) is 0 Å². The minimum Gasteiger partial charge on any atom is -0.461 e. The molecule has 0 bridgehead atoms. The third-order valence-electron chi connectivity index (χ3n) is 4.67. The summed E-state index contributed by atoms with van der Waals surface area (Å²) in [4.78, 5) is 28.6. The molecule has 3 rings (SSSR count). The number of H-pyrrole nitrogens is 1. The Labute approximate surface area is 134 Å². The van der Waals surface area contributed by atoms with Crippen LogP contribution in [-0.4, -0.2) is 27.2 Å². The molecule has 0 aromatic carbocycles. The number of nitrogens with zero attached hydrogens (tertiary/aromatic N) is 2. The van der Waals surface area contributed by atoms with E-state index in [4.69, 9.17) is 4.74 Å². The number of aromatic amines is 1. The number of carbonyl (C=O) groups excluding carboxylic acids is 1. The lowest BCUT2D eigenvalue weighted by Gasteiger charge is -2.33. The predicted octanol–water partition coefficient (Wildman–Crippen LogP) is 2.71. The van der Waals surface area contributed by atoms with Crippen LogP contribution in [0.1, 0.15) is 62.1 Å². The fourth-order valence-electron chi connectivity index (χ4n) is 3.46. The smallest absolute Gasteiger partial charge is 0.356 e. The zero-order valence-corrected chi connectivity index (χ0v) is 13.7. The van der Waals surface area contributed by atoms with Crippen molar-refractivity contribution in [2.45, 2.75) is 52.4 Å². The van der Waals surface area contributed by atoms with Crippen molar-refractivity contribution in [2.75, 3.05) is 6.61 Å². The van der Waals surface area contributed by atoms with Crippen LogP contribution < -0.4 is 5.56 Å². The normalized spacial score (nSPS) is 17.3. The monoisotopic (exact) mass is 317 g/mol.